The third kappa shape index (κ3) is 2.86. The predicted octanol–water partition coefficient (Wildman–Crippen LogP) is 3.21. The molecular formula is C10H5Cl2FN4O3. The number of ether oxygens (including phenoxy) is 1. The minimum absolute atomic E-state index is 0.00898. The Bertz CT molecular complexity index is 698. The van der Waals surface area contributed by atoms with E-state index in [0.717, 1.165) is 18.3 Å². The van der Waals surface area contributed by atoms with Gasteiger partial charge in [-0.1, -0.05) is 23.2 Å². The summed E-state index contributed by atoms with van der Waals surface area (Å²) in [6.07, 6.45) is 0.779. The van der Waals surface area contributed by atoms with Crippen LogP contribution in [-0.2, 0) is 0 Å². The molecule has 20 heavy (non-hydrogen) atoms. The highest BCUT2D eigenvalue weighted by Gasteiger charge is 2.21. The molecule has 0 aliphatic carbocycles. The summed E-state index contributed by atoms with van der Waals surface area (Å²) < 4.78 is 18.5. The fourth-order valence-corrected chi connectivity index (χ4v) is 1.59. The molecule has 0 radical (unpaired) electrons. The van der Waals surface area contributed by atoms with Crippen molar-refractivity contribution in [3.8, 4) is 11.6 Å². The summed E-state index contributed by atoms with van der Waals surface area (Å²) in [5, 5.41) is 10.9. The molecule has 0 aliphatic heterocycles. The first-order valence-electron chi connectivity index (χ1n) is 4.98. The SMILES string of the molecule is Nc1ncc(F)c(Oc2cc(Cl)c(Cl)cc2[N+](=O)[O-])n1. The zero-order valence-electron chi connectivity index (χ0n) is 9.51. The lowest BCUT2D eigenvalue weighted by Gasteiger charge is -2.07. The number of nitro groups is 1. The first-order valence-corrected chi connectivity index (χ1v) is 5.73. The number of halogens is 3. The largest absolute Gasteiger partial charge is 0.429 e. The van der Waals surface area contributed by atoms with Crippen LogP contribution < -0.4 is 10.5 Å². The number of nitrogens with two attached hydrogens (primary N) is 1. The molecule has 0 spiro atoms. The Hall–Kier alpha value is -2.19. The molecule has 2 N–H and O–H groups in total. The number of nitrogens with zero attached hydrogens (tertiary/aromatic N) is 3. The van der Waals surface area contributed by atoms with Crippen molar-refractivity contribution < 1.29 is 14.1 Å². The second kappa shape index (κ2) is 5.43. The molecule has 1 aromatic heterocycles. The van der Waals surface area contributed by atoms with E-state index in [0.29, 0.717) is 0 Å². The topological polar surface area (TPSA) is 104 Å². The van der Waals surface area contributed by atoms with Gasteiger partial charge in [-0.3, -0.25) is 10.1 Å². The molecule has 10 heteroatoms. The van der Waals surface area contributed by atoms with Gasteiger partial charge in [0, 0.05) is 12.1 Å². The molecule has 1 heterocycles. The maximum Gasteiger partial charge on any atom is 0.313 e. The van der Waals surface area contributed by atoms with Crippen molar-refractivity contribution in [1.29, 1.82) is 0 Å². The molecular weight excluding hydrogens is 314 g/mol. The summed E-state index contributed by atoms with van der Waals surface area (Å²) in [5.41, 5.74) is 4.79. The van der Waals surface area contributed by atoms with E-state index in [4.69, 9.17) is 33.7 Å². The van der Waals surface area contributed by atoms with Crippen LogP contribution in [0.3, 0.4) is 0 Å². The lowest BCUT2D eigenvalue weighted by atomic mass is 10.3. The van der Waals surface area contributed by atoms with Gasteiger partial charge in [0.15, 0.2) is 0 Å². The standard InChI is InChI=1S/C10H5Cl2FN4O3/c11-4-1-7(17(18)19)8(2-5(4)12)20-9-6(13)3-15-10(14)16-9/h1-3H,(H2,14,15,16). The van der Waals surface area contributed by atoms with Crippen LogP contribution in [0.15, 0.2) is 18.3 Å². The number of benzene rings is 1. The van der Waals surface area contributed by atoms with Crippen molar-refractivity contribution in [3.63, 3.8) is 0 Å². The number of rotatable bonds is 3. The Kier molecular flexibility index (Phi) is 3.86. The molecule has 104 valence electrons. The van der Waals surface area contributed by atoms with Gasteiger partial charge in [0.25, 0.3) is 5.88 Å². The van der Waals surface area contributed by atoms with Crippen molar-refractivity contribution in [2.45, 2.75) is 0 Å². The predicted molar refractivity (Wildman–Crippen MR) is 69.6 cm³/mol. The van der Waals surface area contributed by atoms with Gasteiger partial charge in [0.1, 0.15) is 0 Å². The van der Waals surface area contributed by atoms with Gasteiger partial charge in [-0.2, -0.15) is 9.37 Å². The van der Waals surface area contributed by atoms with Crippen LogP contribution in [0.25, 0.3) is 0 Å². The number of aromatic nitrogens is 2. The zero-order chi connectivity index (χ0) is 14.9. The monoisotopic (exact) mass is 318 g/mol. The van der Waals surface area contributed by atoms with E-state index in [1.54, 1.807) is 0 Å². The van der Waals surface area contributed by atoms with Crippen LogP contribution in [0.2, 0.25) is 10.0 Å². The van der Waals surface area contributed by atoms with E-state index in [9.17, 15) is 14.5 Å². The molecule has 0 bridgehead atoms. The molecule has 1 aromatic carbocycles. The van der Waals surface area contributed by atoms with Crippen molar-refractivity contribution >= 4 is 34.8 Å². The maximum absolute atomic E-state index is 13.4. The minimum atomic E-state index is -0.931. The number of nitrogen functional groups attached to an aromatic ring is 1. The molecule has 0 fully saturated rings. The molecule has 0 atom stereocenters. The highest BCUT2D eigenvalue weighted by molar-refractivity contribution is 6.42. The van der Waals surface area contributed by atoms with E-state index >= 15 is 0 Å². The lowest BCUT2D eigenvalue weighted by Crippen LogP contribution is -2.01. The van der Waals surface area contributed by atoms with Crippen LogP contribution in [-0.4, -0.2) is 14.9 Å². The number of anilines is 1. The van der Waals surface area contributed by atoms with Crippen LogP contribution in [0.1, 0.15) is 0 Å². The van der Waals surface area contributed by atoms with Crippen molar-refractivity contribution in [3.05, 3.63) is 44.3 Å². The minimum Gasteiger partial charge on any atom is -0.429 e. The lowest BCUT2D eigenvalue weighted by molar-refractivity contribution is -0.385. The normalized spacial score (nSPS) is 10.3. The number of nitro benzene ring substituents is 1. The Morgan fingerprint density at radius 3 is 2.65 bits per heavy atom. The number of hydrogen-bond acceptors (Lipinski definition) is 6. The molecule has 0 aliphatic rings. The fourth-order valence-electron chi connectivity index (χ4n) is 1.28. The highest BCUT2D eigenvalue weighted by Crippen LogP contribution is 2.38. The van der Waals surface area contributed by atoms with Gasteiger partial charge in [0.2, 0.25) is 17.5 Å². The summed E-state index contributed by atoms with van der Waals surface area (Å²) in [4.78, 5) is 17.0. The smallest absolute Gasteiger partial charge is 0.313 e. The van der Waals surface area contributed by atoms with Crippen molar-refractivity contribution in [1.82, 2.24) is 9.97 Å². The summed E-state index contributed by atoms with van der Waals surface area (Å²) in [6, 6.07) is 2.07. The Morgan fingerprint density at radius 2 is 2.00 bits per heavy atom. The third-order valence-electron chi connectivity index (χ3n) is 2.14. The Morgan fingerprint density at radius 1 is 1.35 bits per heavy atom. The molecule has 0 saturated carbocycles. The summed E-state index contributed by atoms with van der Waals surface area (Å²) in [6.45, 7) is 0. The number of hydrogen-bond donors (Lipinski definition) is 1. The summed E-state index contributed by atoms with van der Waals surface area (Å²) >= 11 is 11.4. The van der Waals surface area contributed by atoms with Gasteiger partial charge in [0.05, 0.1) is 21.2 Å². The van der Waals surface area contributed by atoms with Gasteiger partial charge in [-0.25, -0.2) is 4.98 Å². The molecule has 0 amide bonds. The quantitative estimate of drug-likeness (QED) is 0.688. The zero-order valence-corrected chi connectivity index (χ0v) is 11.0. The second-order valence-corrected chi connectivity index (χ2v) is 4.29. The van der Waals surface area contributed by atoms with Crippen molar-refractivity contribution in [2.75, 3.05) is 5.73 Å². The molecule has 7 nitrogen and oxygen atoms in total. The Labute approximate surface area is 121 Å². The third-order valence-corrected chi connectivity index (χ3v) is 2.86. The average Bonchev–Trinajstić information content (AvgIpc) is 2.37. The van der Waals surface area contributed by atoms with E-state index in [-0.39, 0.29) is 21.7 Å². The van der Waals surface area contributed by atoms with E-state index in [1.807, 2.05) is 0 Å². The van der Waals surface area contributed by atoms with E-state index < -0.39 is 22.3 Å². The second-order valence-electron chi connectivity index (χ2n) is 3.47. The van der Waals surface area contributed by atoms with Crippen molar-refractivity contribution in [2.24, 2.45) is 0 Å². The average molecular weight is 319 g/mol. The molecule has 2 aromatic rings. The summed E-state index contributed by atoms with van der Waals surface area (Å²) in [5.74, 6) is -2.05. The molecule has 0 saturated heterocycles. The molecule has 2 rings (SSSR count). The van der Waals surface area contributed by atoms with Gasteiger partial charge < -0.3 is 10.5 Å². The fraction of sp³-hybridized carbons (Fsp3) is 0. The summed E-state index contributed by atoms with van der Waals surface area (Å²) in [7, 11) is 0. The van der Waals surface area contributed by atoms with Gasteiger partial charge >= 0.3 is 5.69 Å². The van der Waals surface area contributed by atoms with Crippen LogP contribution in [0.4, 0.5) is 16.0 Å². The maximum atomic E-state index is 13.4. The first kappa shape index (κ1) is 14.2. The molecule has 0 unspecified atom stereocenters. The van der Waals surface area contributed by atoms with E-state index in [1.165, 1.54) is 0 Å². The van der Waals surface area contributed by atoms with Gasteiger partial charge in [-0.15, -0.1) is 0 Å². The van der Waals surface area contributed by atoms with Crippen LogP contribution in [0, 0.1) is 15.9 Å². The van der Waals surface area contributed by atoms with Crippen LogP contribution >= 0.6 is 23.2 Å². The van der Waals surface area contributed by atoms with E-state index in [2.05, 4.69) is 9.97 Å². The first-order chi connectivity index (χ1) is 9.38. The van der Waals surface area contributed by atoms with Gasteiger partial charge in [-0.05, 0) is 0 Å². The van der Waals surface area contributed by atoms with Crippen LogP contribution in [0.5, 0.6) is 11.6 Å². The highest BCUT2D eigenvalue weighted by atomic mass is 35.5. The Balaban J connectivity index is 2.50.